The minimum absolute atomic E-state index is 0.103. The average Bonchev–Trinajstić information content (AvgIpc) is 2.32. The van der Waals surface area contributed by atoms with Crippen molar-refractivity contribution in [2.24, 2.45) is 11.8 Å². The number of hydrogen-bond donors (Lipinski definition) is 2. The molecule has 2 atom stereocenters. The molecule has 1 fully saturated rings. The molecular formula is C12H19FN4. The Hall–Kier alpha value is -1.23. The monoisotopic (exact) mass is 238 g/mol. The van der Waals surface area contributed by atoms with E-state index in [4.69, 9.17) is 5.84 Å². The van der Waals surface area contributed by atoms with Crippen molar-refractivity contribution in [3.8, 4) is 0 Å². The lowest BCUT2D eigenvalue weighted by Gasteiger charge is -2.26. The Kier molecular flexibility index (Phi) is 3.57. The molecule has 0 aliphatic heterocycles. The van der Waals surface area contributed by atoms with Crippen LogP contribution < -0.4 is 11.3 Å². The lowest BCUT2D eigenvalue weighted by atomic mass is 9.82. The van der Waals surface area contributed by atoms with E-state index in [-0.39, 0.29) is 5.82 Å². The molecule has 0 bridgehead atoms. The second-order valence-corrected chi connectivity index (χ2v) is 4.94. The molecule has 94 valence electrons. The number of aryl methyl sites for hydroxylation is 1. The zero-order chi connectivity index (χ0) is 12.4. The number of halogens is 1. The first kappa shape index (κ1) is 12.2. The molecule has 1 aromatic rings. The Labute approximate surface area is 101 Å². The molecule has 0 aromatic carbocycles. The molecule has 0 radical (unpaired) electrons. The third kappa shape index (κ3) is 2.54. The van der Waals surface area contributed by atoms with Crippen molar-refractivity contribution in [1.29, 1.82) is 0 Å². The van der Waals surface area contributed by atoms with E-state index in [1.54, 1.807) is 6.92 Å². The zero-order valence-electron chi connectivity index (χ0n) is 10.3. The molecule has 17 heavy (non-hydrogen) atoms. The molecule has 4 nitrogen and oxygen atoms in total. The van der Waals surface area contributed by atoms with Gasteiger partial charge in [-0.15, -0.1) is 0 Å². The quantitative estimate of drug-likeness (QED) is 0.614. The number of hydrogen-bond acceptors (Lipinski definition) is 4. The van der Waals surface area contributed by atoms with Crippen molar-refractivity contribution in [3.63, 3.8) is 0 Å². The Morgan fingerprint density at radius 1 is 1.35 bits per heavy atom. The van der Waals surface area contributed by atoms with Crippen LogP contribution in [0.1, 0.15) is 50.0 Å². The average molecular weight is 238 g/mol. The molecule has 1 aliphatic carbocycles. The van der Waals surface area contributed by atoms with Crippen molar-refractivity contribution in [3.05, 3.63) is 17.3 Å². The van der Waals surface area contributed by atoms with E-state index < -0.39 is 5.82 Å². The van der Waals surface area contributed by atoms with Crippen molar-refractivity contribution in [1.82, 2.24) is 9.97 Å². The highest BCUT2D eigenvalue weighted by atomic mass is 19.1. The van der Waals surface area contributed by atoms with Crippen LogP contribution in [0.4, 0.5) is 10.2 Å². The summed E-state index contributed by atoms with van der Waals surface area (Å²) in [6, 6.07) is 0. The standard InChI is InChI=1S/C12H19FN4/c1-7-4-3-5-9(6-7)11-15-8(2)10(13)12(16-11)17-14/h7,9H,3-6,14H2,1-2H3,(H,15,16,17). The molecule has 0 saturated heterocycles. The van der Waals surface area contributed by atoms with Gasteiger partial charge in [-0.05, 0) is 25.7 Å². The number of nitrogens with zero attached hydrogens (tertiary/aromatic N) is 2. The van der Waals surface area contributed by atoms with Gasteiger partial charge in [-0.2, -0.15) is 0 Å². The van der Waals surface area contributed by atoms with Crippen LogP contribution in [-0.4, -0.2) is 9.97 Å². The van der Waals surface area contributed by atoms with E-state index >= 15 is 0 Å². The molecule has 2 unspecified atom stereocenters. The maximum Gasteiger partial charge on any atom is 0.187 e. The summed E-state index contributed by atoms with van der Waals surface area (Å²) in [4.78, 5) is 8.45. The SMILES string of the molecule is Cc1nc(C2CCCC(C)C2)nc(NN)c1F. The van der Waals surface area contributed by atoms with Gasteiger partial charge in [0, 0.05) is 5.92 Å². The molecule has 0 spiro atoms. The number of aromatic nitrogens is 2. The zero-order valence-corrected chi connectivity index (χ0v) is 10.3. The molecular weight excluding hydrogens is 219 g/mol. The van der Waals surface area contributed by atoms with Gasteiger partial charge < -0.3 is 5.43 Å². The highest BCUT2D eigenvalue weighted by Crippen LogP contribution is 2.35. The Bertz CT molecular complexity index is 408. The summed E-state index contributed by atoms with van der Waals surface area (Å²) >= 11 is 0. The fourth-order valence-corrected chi connectivity index (χ4v) is 2.53. The molecule has 1 aromatic heterocycles. The van der Waals surface area contributed by atoms with E-state index in [1.807, 2.05) is 0 Å². The molecule has 1 saturated carbocycles. The number of nitrogen functional groups attached to an aromatic ring is 1. The maximum atomic E-state index is 13.6. The lowest BCUT2D eigenvalue weighted by Crippen LogP contribution is -2.18. The summed E-state index contributed by atoms with van der Waals surface area (Å²) < 4.78 is 13.6. The topological polar surface area (TPSA) is 63.8 Å². The van der Waals surface area contributed by atoms with Crippen LogP contribution in [0.5, 0.6) is 0 Å². The van der Waals surface area contributed by atoms with Crippen molar-refractivity contribution < 1.29 is 4.39 Å². The molecule has 3 N–H and O–H groups in total. The third-order valence-corrected chi connectivity index (χ3v) is 3.47. The molecule has 2 rings (SSSR count). The van der Waals surface area contributed by atoms with Crippen molar-refractivity contribution in [2.45, 2.75) is 45.4 Å². The maximum absolute atomic E-state index is 13.6. The minimum atomic E-state index is -0.458. The predicted molar refractivity (Wildman–Crippen MR) is 64.9 cm³/mol. The van der Waals surface area contributed by atoms with E-state index in [2.05, 4.69) is 22.3 Å². The van der Waals surface area contributed by atoms with Gasteiger partial charge in [-0.25, -0.2) is 20.2 Å². The first-order valence-corrected chi connectivity index (χ1v) is 6.12. The van der Waals surface area contributed by atoms with Crippen LogP contribution in [0, 0.1) is 18.7 Å². The highest BCUT2D eigenvalue weighted by molar-refractivity contribution is 5.37. The summed E-state index contributed by atoms with van der Waals surface area (Å²) in [7, 11) is 0. The van der Waals surface area contributed by atoms with Gasteiger partial charge in [-0.3, -0.25) is 0 Å². The fraction of sp³-hybridized carbons (Fsp3) is 0.667. The summed E-state index contributed by atoms with van der Waals surface area (Å²) in [6.45, 7) is 3.89. The molecule has 5 heteroatoms. The van der Waals surface area contributed by atoms with Gasteiger partial charge in [0.15, 0.2) is 11.6 Å². The van der Waals surface area contributed by atoms with Crippen LogP contribution in [0.2, 0.25) is 0 Å². The largest absolute Gasteiger partial charge is 0.306 e. The normalized spacial score (nSPS) is 24.7. The summed E-state index contributed by atoms with van der Waals surface area (Å²) in [6.07, 6.45) is 4.62. The predicted octanol–water partition coefficient (Wildman–Crippen LogP) is 2.50. The van der Waals surface area contributed by atoms with Gasteiger partial charge in [-0.1, -0.05) is 19.8 Å². The number of nitrogens with two attached hydrogens (primary N) is 1. The smallest absolute Gasteiger partial charge is 0.187 e. The van der Waals surface area contributed by atoms with Gasteiger partial charge in [0.25, 0.3) is 0 Å². The highest BCUT2D eigenvalue weighted by Gasteiger charge is 2.24. The number of anilines is 1. The molecule has 0 amide bonds. The summed E-state index contributed by atoms with van der Waals surface area (Å²) in [5.74, 6) is 6.66. The first-order chi connectivity index (χ1) is 8.11. The van der Waals surface area contributed by atoms with Crippen LogP contribution >= 0.6 is 0 Å². The Morgan fingerprint density at radius 3 is 2.76 bits per heavy atom. The van der Waals surface area contributed by atoms with Gasteiger partial charge >= 0.3 is 0 Å². The van der Waals surface area contributed by atoms with Crippen LogP contribution in [0.15, 0.2) is 0 Å². The van der Waals surface area contributed by atoms with Gasteiger partial charge in [0.2, 0.25) is 0 Å². The third-order valence-electron chi connectivity index (χ3n) is 3.47. The van der Waals surface area contributed by atoms with Crippen LogP contribution in [-0.2, 0) is 0 Å². The van der Waals surface area contributed by atoms with Crippen molar-refractivity contribution in [2.75, 3.05) is 5.43 Å². The lowest BCUT2D eigenvalue weighted by molar-refractivity contribution is 0.334. The van der Waals surface area contributed by atoms with E-state index in [1.165, 1.54) is 12.8 Å². The number of hydrazine groups is 1. The van der Waals surface area contributed by atoms with Gasteiger partial charge in [0.1, 0.15) is 5.82 Å². The van der Waals surface area contributed by atoms with Gasteiger partial charge in [0.05, 0.1) is 5.69 Å². The molecule has 1 aliphatic rings. The fourth-order valence-electron chi connectivity index (χ4n) is 2.53. The van der Waals surface area contributed by atoms with Crippen molar-refractivity contribution >= 4 is 5.82 Å². The second kappa shape index (κ2) is 4.96. The number of nitrogens with one attached hydrogen (secondary N) is 1. The van der Waals surface area contributed by atoms with Crippen LogP contribution in [0.25, 0.3) is 0 Å². The second-order valence-electron chi connectivity index (χ2n) is 4.94. The first-order valence-electron chi connectivity index (χ1n) is 6.12. The van der Waals surface area contributed by atoms with Crippen LogP contribution in [0.3, 0.4) is 0 Å². The molecule has 1 heterocycles. The van der Waals surface area contributed by atoms with E-state index in [9.17, 15) is 4.39 Å². The van der Waals surface area contributed by atoms with E-state index in [0.29, 0.717) is 17.5 Å². The summed E-state index contributed by atoms with van der Waals surface area (Å²) in [5.41, 5.74) is 2.66. The van der Waals surface area contributed by atoms with E-state index in [0.717, 1.165) is 18.7 Å². The number of rotatable bonds is 2. The summed E-state index contributed by atoms with van der Waals surface area (Å²) in [5, 5.41) is 0. The Balaban J connectivity index is 2.29. The Morgan fingerprint density at radius 2 is 2.12 bits per heavy atom. The minimum Gasteiger partial charge on any atom is -0.306 e.